The summed E-state index contributed by atoms with van der Waals surface area (Å²) in [5.41, 5.74) is 7.05. The monoisotopic (exact) mass is 433 g/mol. The van der Waals surface area contributed by atoms with Crippen molar-refractivity contribution in [3.8, 4) is 0 Å². The summed E-state index contributed by atoms with van der Waals surface area (Å²) in [4.78, 5) is 51.1. The fourth-order valence-corrected chi connectivity index (χ4v) is 2.97. The van der Waals surface area contributed by atoms with Crippen molar-refractivity contribution in [3.05, 3.63) is 36.0 Å². The predicted molar refractivity (Wildman–Crippen MR) is 112 cm³/mol. The summed E-state index contributed by atoms with van der Waals surface area (Å²) in [7, 11) is 0. The van der Waals surface area contributed by atoms with Crippen molar-refractivity contribution in [2.75, 3.05) is 6.54 Å². The Hall–Kier alpha value is -3.44. The number of hydrogen-bond acceptors (Lipinski definition) is 6. The summed E-state index contributed by atoms with van der Waals surface area (Å²) in [6, 6.07) is 3.95. The third-order valence-electron chi connectivity index (χ3n) is 4.62. The molecule has 0 aliphatic carbocycles. The van der Waals surface area contributed by atoms with Crippen molar-refractivity contribution in [2.24, 2.45) is 5.73 Å². The number of aromatic amines is 1. The zero-order valence-corrected chi connectivity index (χ0v) is 17.2. The number of aliphatic hydroxyl groups excluding tert-OH is 1. The van der Waals surface area contributed by atoms with Gasteiger partial charge in [0.05, 0.1) is 12.1 Å². The third-order valence-corrected chi connectivity index (χ3v) is 4.62. The highest BCUT2D eigenvalue weighted by atomic mass is 16.4. The second-order valence-corrected chi connectivity index (χ2v) is 7.25. The van der Waals surface area contributed by atoms with Crippen LogP contribution in [0.15, 0.2) is 30.5 Å². The van der Waals surface area contributed by atoms with Crippen LogP contribution in [0.1, 0.15) is 19.4 Å². The van der Waals surface area contributed by atoms with Gasteiger partial charge in [0, 0.05) is 23.5 Å². The van der Waals surface area contributed by atoms with Gasteiger partial charge in [-0.05, 0) is 25.5 Å². The molecule has 4 atom stereocenters. The molecule has 3 amide bonds. The summed E-state index contributed by atoms with van der Waals surface area (Å²) in [6.45, 7) is 2.11. The van der Waals surface area contributed by atoms with Crippen LogP contribution in [-0.2, 0) is 25.6 Å². The van der Waals surface area contributed by atoms with Gasteiger partial charge in [-0.25, -0.2) is 0 Å². The summed E-state index contributed by atoms with van der Waals surface area (Å²) < 4.78 is 0. The van der Waals surface area contributed by atoms with Gasteiger partial charge in [-0.15, -0.1) is 0 Å². The van der Waals surface area contributed by atoms with Gasteiger partial charge in [-0.3, -0.25) is 19.2 Å². The molecule has 2 aromatic rings. The van der Waals surface area contributed by atoms with Crippen LogP contribution in [0.25, 0.3) is 10.9 Å². The molecule has 11 heteroatoms. The third kappa shape index (κ3) is 6.52. The van der Waals surface area contributed by atoms with Crippen molar-refractivity contribution < 1.29 is 29.4 Å². The molecule has 0 saturated heterocycles. The quantitative estimate of drug-likeness (QED) is 0.240. The van der Waals surface area contributed by atoms with Gasteiger partial charge >= 0.3 is 5.97 Å². The van der Waals surface area contributed by atoms with Crippen molar-refractivity contribution in [3.63, 3.8) is 0 Å². The van der Waals surface area contributed by atoms with E-state index in [4.69, 9.17) is 10.8 Å². The minimum atomic E-state index is -1.35. The Morgan fingerprint density at radius 3 is 2.35 bits per heavy atom. The normalized spacial score (nSPS) is 14.8. The van der Waals surface area contributed by atoms with E-state index in [2.05, 4.69) is 20.9 Å². The molecule has 11 nitrogen and oxygen atoms in total. The maximum absolute atomic E-state index is 12.8. The number of nitrogens with one attached hydrogen (secondary N) is 4. The number of carbonyl (C=O) groups is 4. The number of carboxylic acid groups (broad SMARTS) is 1. The van der Waals surface area contributed by atoms with Crippen molar-refractivity contribution >= 4 is 34.6 Å². The molecule has 0 spiro atoms. The molecule has 0 radical (unpaired) electrons. The van der Waals surface area contributed by atoms with Gasteiger partial charge in [-0.1, -0.05) is 18.2 Å². The lowest BCUT2D eigenvalue weighted by atomic mass is 10.0. The first-order chi connectivity index (χ1) is 14.6. The molecule has 31 heavy (non-hydrogen) atoms. The Morgan fingerprint density at radius 1 is 1.06 bits per heavy atom. The number of rotatable bonds is 10. The molecular weight excluding hydrogens is 406 g/mol. The molecule has 0 aliphatic heterocycles. The van der Waals surface area contributed by atoms with E-state index in [0.717, 1.165) is 16.5 Å². The van der Waals surface area contributed by atoms with Gasteiger partial charge in [0.25, 0.3) is 0 Å². The molecule has 168 valence electrons. The summed E-state index contributed by atoms with van der Waals surface area (Å²) in [6.07, 6.45) is 0.478. The Morgan fingerprint density at radius 2 is 1.74 bits per heavy atom. The van der Waals surface area contributed by atoms with E-state index in [1.807, 2.05) is 24.3 Å². The molecule has 0 fully saturated rings. The molecule has 0 aliphatic rings. The number of para-hydroxylation sites is 1. The van der Waals surface area contributed by atoms with Gasteiger partial charge < -0.3 is 36.9 Å². The van der Waals surface area contributed by atoms with E-state index in [0.29, 0.717) is 0 Å². The topological polar surface area (TPSA) is 187 Å². The highest BCUT2D eigenvalue weighted by Gasteiger charge is 2.31. The molecule has 1 aromatic carbocycles. The van der Waals surface area contributed by atoms with Crippen LogP contribution in [0.3, 0.4) is 0 Å². The zero-order valence-electron chi connectivity index (χ0n) is 17.2. The number of hydrogen-bond donors (Lipinski definition) is 7. The predicted octanol–water partition coefficient (Wildman–Crippen LogP) is -1.39. The van der Waals surface area contributed by atoms with E-state index in [-0.39, 0.29) is 6.42 Å². The van der Waals surface area contributed by atoms with Crippen LogP contribution in [0.2, 0.25) is 0 Å². The number of H-pyrrole nitrogens is 1. The van der Waals surface area contributed by atoms with E-state index < -0.39 is 54.5 Å². The number of aromatic nitrogens is 1. The number of carboxylic acids is 1. The van der Waals surface area contributed by atoms with Crippen LogP contribution in [0.4, 0.5) is 0 Å². The first kappa shape index (κ1) is 23.8. The lowest BCUT2D eigenvalue weighted by molar-refractivity contribution is -0.138. The molecule has 4 unspecified atom stereocenters. The van der Waals surface area contributed by atoms with Crippen molar-refractivity contribution in [1.29, 1.82) is 0 Å². The maximum Gasteiger partial charge on any atom is 0.322 e. The molecule has 2 rings (SSSR count). The largest absolute Gasteiger partial charge is 0.480 e. The first-order valence-electron chi connectivity index (χ1n) is 9.69. The minimum Gasteiger partial charge on any atom is -0.480 e. The molecular formula is C20H27N5O6. The zero-order chi connectivity index (χ0) is 23.1. The van der Waals surface area contributed by atoms with E-state index in [1.54, 1.807) is 6.20 Å². The molecule has 0 saturated carbocycles. The summed E-state index contributed by atoms with van der Waals surface area (Å²) in [5.74, 6) is -3.41. The average Bonchev–Trinajstić information content (AvgIpc) is 3.11. The summed E-state index contributed by atoms with van der Waals surface area (Å²) in [5, 5.41) is 26.7. The van der Waals surface area contributed by atoms with E-state index >= 15 is 0 Å². The standard InChI is InChI=1S/C20H27N5O6/c1-10(21)18(29)25-17(11(2)26)20(31)24-15(19(30)23-9-16(27)28)7-12-8-22-14-6-4-3-5-13(12)14/h3-6,8,10-11,15,17,22,26H,7,9,21H2,1-2H3,(H,23,30)(H,24,31)(H,25,29)(H,27,28). The Bertz CT molecular complexity index is 954. The molecule has 1 heterocycles. The van der Waals surface area contributed by atoms with Crippen molar-refractivity contribution in [1.82, 2.24) is 20.9 Å². The SMILES string of the molecule is CC(N)C(=O)NC(C(=O)NC(Cc1c[nH]c2ccccc12)C(=O)NCC(=O)O)C(C)O. The maximum atomic E-state index is 12.8. The number of aliphatic carboxylic acids is 1. The van der Waals surface area contributed by atoms with Crippen molar-refractivity contribution in [2.45, 2.75) is 44.5 Å². The average molecular weight is 433 g/mol. The number of amides is 3. The highest BCUT2D eigenvalue weighted by molar-refractivity contribution is 5.94. The Balaban J connectivity index is 2.24. The van der Waals surface area contributed by atoms with E-state index in [9.17, 15) is 24.3 Å². The first-order valence-corrected chi connectivity index (χ1v) is 9.69. The lowest BCUT2D eigenvalue weighted by Gasteiger charge is -2.25. The van der Waals surface area contributed by atoms with Crippen LogP contribution in [0.5, 0.6) is 0 Å². The lowest BCUT2D eigenvalue weighted by Crippen LogP contribution is -2.59. The van der Waals surface area contributed by atoms with Crippen LogP contribution in [-0.4, -0.2) is 69.7 Å². The fraction of sp³-hybridized carbons (Fsp3) is 0.400. The number of nitrogens with two attached hydrogens (primary N) is 1. The molecule has 8 N–H and O–H groups in total. The smallest absolute Gasteiger partial charge is 0.322 e. The number of fused-ring (bicyclic) bond motifs is 1. The van der Waals surface area contributed by atoms with Gasteiger partial charge in [0.15, 0.2) is 0 Å². The van der Waals surface area contributed by atoms with E-state index in [1.165, 1.54) is 13.8 Å². The minimum absolute atomic E-state index is 0.0506. The number of aliphatic hydroxyl groups is 1. The number of carbonyl (C=O) groups excluding carboxylic acids is 3. The Labute approximate surface area is 178 Å². The number of benzene rings is 1. The van der Waals surface area contributed by atoms with Crippen LogP contribution < -0.4 is 21.7 Å². The second kappa shape index (κ2) is 10.5. The fourth-order valence-electron chi connectivity index (χ4n) is 2.97. The van der Waals surface area contributed by atoms with Gasteiger partial charge in [0.1, 0.15) is 18.6 Å². The van der Waals surface area contributed by atoms with Gasteiger partial charge in [-0.2, -0.15) is 0 Å². The van der Waals surface area contributed by atoms with Crippen LogP contribution in [0, 0.1) is 0 Å². The second-order valence-electron chi connectivity index (χ2n) is 7.25. The molecule has 0 bridgehead atoms. The van der Waals surface area contributed by atoms with Gasteiger partial charge in [0.2, 0.25) is 17.7 Å². The van der Waals surface area contributed by atoms with Crippen LogP contribution >= 0.6 is 0 Å². The highest BCUT2D eigenvalue weighted by Crippen LogP contribution is 2.19. The Kier molecular flexibility index (Phi) is 8.11. The molecule has 1 aromatic heterocycles. The summed E-state index contributed by atoms with van der Waals surface area (Å²) >= 11 is 0.